The lowest BCUT2D eigenvalue weighted by molar-refractivity contribution is 0.866. The predicted molar refractivity (Wildman–Crippen MR) is 59.1 cm³/mol. The van der Waals surface area contributed by atoms with Crippen molar-refractivity contribution < 1.29 is 0 Å². The number of halogens is 1. The summed E-state index contributed by atoms with van der Waals surface area (Å²) in [7, 11) is -0.892. The molecule has 0 unspecified atom stereocenters. The van der Waals surface area contributed by atoms with Crippen molar-refractivity contribution in [3.8, 4) is 0 Å². The van der Waals surface area contributed by atoms with Gasteiger partial charge in [-0.15, -0.1) is 0 Å². The lowest BCUT2D eigenvalue weighted by Gasteiger charge is -2.22. The third-order valence-electron chi connectivity index (χ3n) is 2.74. The van der Waals surface area contributed by atoms with Crippen LogP contribution in [0.15, 0.2) is 0 Å². The van der Waals surface area contributed by atoms with Crippen LogP contribution in [0.1, 0.15) is 19.8 Å². The van der Waals surface area contributed by atoms with Crippen molar-refractivity contribution in [1.29, 1.82) is 0 Å². The molecule has 0 amide bonds. The minimum atomic E-state index is -0.660. The minimum Gasteiger partial charge on any atom is -0.172 e. The molecule has 0 aromatic carbocycles. The molecule has 1 aliphatic rings. The summed E-state index contributed by atoms with van der Waals surface area (Å²) in [6.45, 7) is 2.30. The van der Waals surface area contributed by atoms with E-state index in [2.05, 4.69) is 6.92 Å². The van der Waals surface area contributed by atoms with E-state index in [0.29, 0.717) is 0 Å². The smallest absolute Gasteiger partial charge is 0.140 e. The van der Waals surface area contributed by atoms with Gasteiger partial charge in [0.2, 0.25) is 0 Å². The number of hydrogen-bond acceptors (Lipinski definition) is 0. The maximum Gasteiger partial charge on any atom is 0.140 e. The van der Waals surface area contributed by atoms with Crippen LogP contribution in [0.4, 0.5) is 0 Å². The highest BCUT2D eigenvalue weighted by Gasteiger charge is 2.20. The topological polar surface area (TPSA) is 0 Å². The van der Waals surface area contributed by atoms with Crippen molar-refractivity contribution in [3.63, 3.8) is 0 Å². The standard InChI is InChI=1S/C8H19ClSi2/c1-2-3-4-10-5-7-11(9)8-6-10/h10-11H,2-8H2,1H3. The van der Waals surface area contributed by atoms with Crippen molar-refractivity contribution >= 4 is 28.0 Å². The molecule has 1 fully saturated rings. The molecule has 3 heteroatoms. The zero-order chi connectivity index (χ0) is 8.10. The van der Waals surface area contributed by atoms with Crippen LogP contribution in [0.2, 0.25) is 30.2 Å². The second-order valence-electron chi connectivity index (χ2n) is 3.76. The van der Waals surface area contributed by atoms with E-state index in [4.69, 9.17) is 11.1 Å². The molecule has 0 aromatic rings. The van der Waals surface area contributed by atoms with E-state index < -0.39 is 8.11 Å². The molecule has 1 aliphatic heterocycles. The molecule has 0 bridgehead atoms. The largest absolute Gasteiger partial charge is 0.172 e. The van der Waals surface area contributed by atoms with Gasteiger partial charge in [-0.3, -0.25) is 0 Å². The summed E-state index contributed by atoms with van der Waals surface area (Å²) in [5.41, 5.74) is 0. The number of rotatable bonds is 3. The van der Waals surface area contributed by atoms with E-state index in [9.17, 15) is 0 Å². The molecule has 0 spiro atoms. The Morgan fingerprint density at radius 2 is 1.82 bits per heavy atom. The summed E-state index contributed by atoms with van der Waals surface area (Å²) >= 11 is 6.18. The second kappa shape index (κ2) is 5.38. The molecular weight excluding hydrogens is 188 g/mol. The zero-order valence-corrected chi connectivity index (χ0v) is 10.5. The highest BCUT2D eigenvalue weighted by atomic mass is 35.6. The molecule has 1 rings (SSSR count). The average molecular weight is 207 g/mol. The maximum absolute atomic E-state index is 6.18. The van der Waals surface area contributed by atoms with E-state index >= 15 is 0 Å². The van der Waals surface area contributed by atoms with Gasteiger partial charge in [0.15, 0.2) is 0 Å². The van der Waals surface area contributed by atoms with Gasteiger partial charge in [0, 0.05) is 8.80 Å². The molecule has 66 valence electrons. The Morgan fingerprint density at radius 1 is 1.18 bits per heavy atom. The van der Waals surface area contributed by atoms with Gasteiger partial charge in [0.1, 0.15) is 8.11 Å². The fourth-order valence-corrected chi connectivity index (χ4v) is 13.0. The zero-order valence-electron chi connectivity index (χ0n) is 7.48. The fraction of sp³-hybridized carbons (Fsp3) is 1.00. The van der Waals surface area contributed by atoms with Gasteiger partial charge in [-0.1, -0.05) is 37.9 Å². The van der Waals surface area contributed by atoms with E-state index in [1.807, 2.05) is 0 Å². The lowest BCUT2D eigenvalue weighted by Crippen LogP contribution is -2.22. The highest BCUT2D eigenvalue weighted by molar-refractivity contribution is 7.08. The van der Waals surface area contributed by atoms with Gasteiger partial charge in [0.25, 0.3) is 0 Å². The Labute approximate surface area is 78.3 Å². The molecule has 0 aliphatic carbocycles. The summed E-state index contributed by atoms with van der Waals surface area (Å²) in [6.07, 6.45) is 2.89. The van der Waals surface area contributed by atoms with Crippen LogP contribution in [-0.4, -0.2) is 16.9 Å². The molecular formula is C8H19ClSi2. The van der Waals surface area contributed by atoms with E-state index in [1.165, 1.54) is 24.9 Å². The third-order valence-corrected chi connectivity index (χ3v) is 10.8. The second-order valence-corrected chi connectivity index (χ2v) is 11.4. The van der Waals surface area contributed by atoms with Crippen LogP contribution in [0.5, 0.6) is 0 Å². The minimum absolute atomic E-state index is 0.232. The van der Waals surface area contributed by atoms with Gasteiger partial charge in [0.05, 0.1) is 0 Å². The van der Waals surface area contributed by atoms with Gasteiger partial charge in [-0.25, -0.2) is 0 Å². The molecule has 11 heavy (non-hydrogen) atoms. The van der Waals surface area contributed by atoms with Crippen molar-refractivity contribution in [3.05, 3.63) is 0 Å². The first-order valence-corrected chi connectivity index (χ1v) is 10.8. The molecule has 0 radical (unpaired) electrons. The lowest BCUT2D eigenvalue weighted by atomic mass is 10.4. The Balaban J connectivity index is 2.07. The van der Waals surface area contributed by atoms with Crippen LogP contribution >= 0.6 is 11.1 Å². The molecule has 1 saturated heterocycles. The Kier molecular flexibility index (Phi) is 4.80. The van der Waals surface area contributed by atoms with Crippen molar-refractivity contribution in [2.75, 3.05) is 0 Å². The van der Waals surface area contributed by atoms with Gasteiger partial charge in [-0.05, 0) is 12.1 Å². The van der Waals surface area contributed by atoms with Crippen LogP contribution < -0.4 is 0 Å². The van der Waals surface area contributed by atoms with Crippen molar-refractivity contribution in [2.45, 2.75) is 50.0 Å². The molecule has 0 atom stereocenters. The average Bonchev–Trinajstić information content (AvgIpc) is 2.04. The molecule has 1 heterocycles. The van der Waals surface area contributed by atoms with Gasteiger partial charge < -0.3 is 0 Å². The van der Waals surface area contributed by atoms with Crippen molar-refractivity contribution in [1.82, 2.24) is 0 Å². The maximum atomic E-state index is 6.18. The molecule has 0 N–H and O–H groups in total. The Morgan fingerprint density at radius 3 is 2.36 bits per heavy atom. The van der Waals surface area contributed by atoms with Crippen LogP contribution in [-0.2, 0) is 0 Å². The summed E-state index contributed by atoms with van der Waals surface area (Å²) in [5, 5.41) is 0. The Bertz CT molecular complexity index is 97.5. The summed E-state index contributed by atoms with van der Waals surface area (Å²) in [4.78, 5) is 0. The first-order chi connectivity index (χ1) is 5.33. The molecule has 0 saturated carbocycles. The van der Waals surface area contributed by atoms with Gasteiger partial charge in [-0.2, -0.15) is 11.1 Å². The first kappa shape index (κ1) is 9.81. The number of hydrogen-bond donors (Lipinski definition) is 0. The first-order valence-electron chi connectivity index (χ1n) is 4.97. The summed E-state index contributed by atoms with van der Waals surface area (Å²) in [6, 6.07) is 7.69. The van der Waals surface area contributed by atoms with E-state index in [-0.39, 0.29) is 8.80 Å². The summed E-state index contributed by atoms with van der Waals surface area (Å²) < 4.78 is 0. The summed E-state index contributed by atoms with van der Waals surface area (Å²) in [5.74, 6) is 0. The molecule has 0 nitrogen and oxygen atoms in total. The molecule has 0 aromatic heterocycles. The van der Waals surface area contributed by atoms with E-state index in [1.54, 1.807) is 18.1 Å². The van der Waals surface area contributed by atoms with Gasteiger partial charge >= 0.3 is 0 Å². The van der Waals surface area contributed by atoms with E-state index in [0.717, 1.165) is 0 Å². The van der Waals surface area contributed by atoms with Crippen LogP contribution in [0.25, 0.3) is 0 Å². The van der Waals surface area contributed by atoms with Crippen molar-refractivity contribution in [2.24, 2.45) is 0 Å². The van der Waals surface area contributed by atoms with Crippen LogP contribution in [0.3, 0.4) is 0 Å². The predicted octanol–water partition coefficient (Wildman–Crippen LogP) is 2.99. The highest BCUT2D eigenvalue weighted by Crippen LogP contribution is 2.25. The monoisotopic (exact) mass is 206 g/mol. The quantitative estimate of drug-likeness (QED) is 0.492. The normalized spacial score (nSPS) is 32.2. The SMILES string of the molecule is CCCC[SiH]1CC[SiH](Cl)CC1. The third kappa shape index (κ3) is 3.76. The Hall–Kier alpha value is 0.724. The fourth-order valence-electron chi connectivity index (χ4n) is 1.90. The van der Waals surface area contributed by atoms with Crippen LogP contribution in [0, 0.1) is 0 Å². The number of unbranched alkanes of at least 4 members (excludes halogenated alkanes) is 1.